The molecule has 0 spiro atoms. The van der Waals surface area contributed by atoms with Gasteiger partial charge in [0.15, 0.2) is 0 Å². The Labute approximate surface area is 181 Å². The molecule has 2 saturated carbocycles. The average molecular weight is 421 g/mol. The zero-order chi connectivity index (χ0) is 22.3. The number of aliphatic hydroxyl groups excluding tert-OH is 1. The lowest BCUT2D eigenvalue weighted by atomic mass is 9.37. The summed E-state index contributed by atoms with van der Waals surface area (Å²) in [4.78, 5) is 24.2. The Bertz CT molecular complexity index is 714. The number of carbonyl (C=O) groups is 2. The van der Waals surface area contributed by atoms with Crippen molar-refractivity contribution >= 4 is 11.9 Å². The molecule has 0 aliphatic heterocycles. The van der Waals surface area contributed by atoms with Gasteiger partial charge in [-0.1, -0.05) is 39.3 Å². The Morgan fingerprint density at radius 1 is 1.10 bits per heavy atom. The quantitative estimate of drug-likeness (QED) is 0.517. The molecule has 30 heavy (non-hydrogen) atoms. The Kier molecular flexibility index (Phi) is 6.44. The Hall–Kier alpha value is -1.36. The molecule has 3 rings (SSSR count). The van der Waals surface area contributed by atoms with Gasteiger partial charge in [0, 0.05) is 6.92 Å². The monoisotopic (exact) mass is 420 g/mol. The molecule has 0 saturated heterocycles. The lowest BCUT2D eigenvalue weighted by Crippen LogP contribution is -2.62. The van der Waals surface area contributed by atoms with Gasteiger partial charge in [0.1, 0.15) is 19.3 Å². The minimum Gasteiger partial charge on any atom is -0.463 e. The molecule has 0 amide bonds. The number of ether oxygens (including phenoxy) is 2. The van der Waals surface area contributed by atoms with Crippen LogP contribution in [0.25, 0.3) is 0 Å². The molecule has 2 fully saturated rings. The highest BCUT2D eigenvalue weighted by Gasteiger charge is 2.65. The number of fused-ring (bicyclic) bond motifs is 3. The number of rotatable bonds is 5. The van der Waals surface area contributed by atoms with Crippen LogP contribution in [0.1, 0.15) is 80.1 Å². The van der Waals surface area contributed by atoms with Crippen LogP contribution in [0, 0.1) is 34.0 Å². The highest BCUT2D eigenvalue weighted by Crippen LogP contribution is 2.71. The molecule has 170 valence electrons. The maximum Gasteiger partial charge on any atom is 0.309 e. The molecule has 1 N–H and O–H groups in total. The molecule has 0 heterocycles. The predicted molar refractivity (Wildman–Crippen MR) is 116 cm³/mol. The molecule has 0 aromatic rings. The van der Waals surface area contributed by atoms with Gasteiger partial charge >= 0.3 is 11.9 Å². The SMILES string of the molecule is CC(=O)OC[C@H](O)COC(=O)[C@H]1[C@H](C)CC[C@]2(C)[C@H]3CCC=C(C)[C@]3(C)CC[C@]12C. The summed E-state index contributed by atoms with van der Waals surface area (Å²) >= 11 is 0. The van der Waals surface area contributed by atoms with E-state index in [1.54, 1.807) is 0 Å². The van der Waals surface area contributed by atoms with Gasteiger partial charge in [0.25, 0.3) is 0 Å². The fourth-order valence-electron chi connectivity index (χ4n) is 7.20. The van der Waals surface area contributed by atoms with Gasteiger partial charge in [-0.15, -0.1) is 0 Å². The topological polar surface area (TPSA) is 72.8 Å². The van der Waals surface area contributed by atoms with Crippen molar-refractivity contribution < 1.29 is 24.2 Å². The van der Waals surface area contributed by atoms with Gasteiger partial charge in [0.2, 0.25) is 0 Å². The van der Waals surface area contributed by atoms with Crippen LogP contribution in [0.4, 0.5) is 0 Å². The zero-order valence-electron chi connectivity index (χ0n) is 19.6. The minimum absolute atomic E-state index is 0.0854. The average Bonchev–Trinajstić information content (AvgIpc) is 2.68. The first kappa shape index (κ1) is 23.3. The molecular formula is C25H40O5. The first-order chi connectivity index (χ1) is 14.0. The van der Waals surface area contributed by atoms with E-state index in [0.29, 0.717) is 5.92 Å². The molecule has 7 atom stereocenters. The van der Waals surface area contributed by atoms with Crippen LogP contribution in [-0.2, 0) is 19.1 Å². The van der Waals surface area contributed by atoms with Gasteiger partial charge in [-0.3, -0.25) is 9.59 Å². The van der Waals surface area contributed by atoms with Crippen molar-refractivity contribution in [1.82, 2.24) is 0 Å². The highest BCUT2D eigenvalue weighted by atomic mass is 16.6. The summed E-state index contributed by atoms with van der Waals surface area (Å²) in [6, 6.07) is 0. The largest absolute Gasteiger partial charge is 0.463 e. The number of carbonyl (C=O) groups excluding carboxylic acids is 2. The molecule has 0 aromatic heterocycles. The van der Waals surface area contributed by atoms with E-state index in [4.69, 9.17) is 9.47 Å². The van der Waals surface area contributed by atoms with E-state index in [0.717, 1.165) is 32.1 Å². The maximum absolute atomic E-state index is 13.3. The molecule has 3 aliphatic rings. The van der Waals surface area contributed by atoms with Crippen molar-refractivity contribution in [2.24, 2.45) is 34.0 Å². The van der Waals surface area contributed by atoms with Gasteiger partial charge in [-0.2, -0.15) is 0 Å². The number of hydrogen-bond donors (Lipinski definition) is 1. The fourth-order valence-corrected chi connectivity index (χ4v) is 7.20. The summed E-state index contributed by atoms with van der Waals surface area (Å²) < 4.78 is 10.4. The third kappa shape index (κ3) is 3.72. The standard InChI is InChI=1S/C25H40O5/c1-16-10-11-24(5)20-9-7-8-17(2)23(20,4)12-13-25(24,6)21(16)22(28)30-15-19(27)14-29-18(3)26/h8,16,19-21,27H,7,9-15H2,1-6H3/t16-,19+,20+,21-,23+,24-,25-/m1/s1. The Balaban J connectivity index is 1.80. The molecule has 5 heteroatoms. The summed E-state index contributed by atoms with van der Waals surface area (Å²) in [7, 11) is 0. The van der Waals surface area contributed by atoms with Gasteiger partial charge in [-0.25, -0.2) is 0 Å². The predicted octanol–water partition coefficient (Wildman–Crippen LogP) is 4.67. The number of allylic oxidation sites excluding steroid dienone is 2. The van der Waals surface area contributed by atoms with Gasteiger partial charge < -0.3 is 14.6 Å². The first-order valence-electron chi connectivity index (χ1n) is 11.6. The summed E-state index contributed by atoms with van der Waals surface area (Å²) in [5, 5.41) is 10.0. The second kappa shape index (κ2) is 8.29. The second-order valence-electron chi connectivity index (χ2n) is 10.8. The number of hydrogen-bond acceptors (Lipinski definition) is 5. The van der Waals surface area contributed by atoms with Crippen LogP contribution in [0.15, 0.2) is 11.6 Å². The van der Waals surface area contributed by atoms with E-state index < -0.39 is 12.1 Å². The minimum atomic E-state index is -0.989. The summed E-state index contributed by atoms with van der Waals surface area (Å²) in [6.45, 7) is 12.7. The normalized spacial score (nSPS) is 41.7. The van der Waals surface area contributed by atoms with Crippen molar-refractivity contribution in [2.45, 2.75) is 86.2 Å². The van der Waals surface area contributed by atoms with Crippen molar-refractivity contribution in [3.8, 4) is 0 Å². The Morgan fingerprint density at radius 2 is 1.77 bits per heavy atom. The molecular weight excluding hydrogens is 380 g/mol. The van der Waals surface area contributed by atoms with Crippen LogP contribution < -0.4 is 0 Å². The van der Waals surface area contributed by atoms with Crippen LogP contribution >= 0.6 is 0 Å². The molecule has 0 unspecified atom stereocenters. The van der Waals surface area contributed by atoms with Crippen molar-refractivity contribution in [1.29, 1.82) is 0 Å². The van der Waals surface area contributed by atoms with Gasteiger partial charge in [-0.05, 0) is 73.5 Å². The van der Waals surface area contributed by atoms with Crippen LogP contribution in [0.5, 0.6) is 0 Å². The molecule has 3 aliphatic carbocycles. The number of esters is 2. The molecule has 0 radical (unpaired) electrons. The van der Waals surface area contributed by atoms with E-state index in [1.165, 1.54) is 18.9 Å². The van der Waals surface area contributed by atoms with Crippen LogP contribution in [0.2, 0.25) is 0 Å². The van der Waals surface area contributed by atoms with Crippen LogP contribution in [0.3, 0.4) is 0 Å². The number of aliphatic hydroxyl groups is 1. The first-order valence-corrected chi connectivity index (χ1v) is 11.6. The molecule has 0 bridgehead atoms. The van der Waals surface area contributed by atoms with Crippen molar-refractivity contribution in [3.05, 3.63) is 11.6 Å². The van der Waals surface area contributed by atoms with E-state index >= 15 is 0 Å². The lowest BCUT2D eigenvalue weighted by molar-refractivity contribution is -0.198. The van der Waals surface area contributed by atoms with E-state index in [1.807, 2.05) is 0 Å². The zero-order valence-corrected chi connectivity index (χ0v) is 19.6. The third-order valence-electron chi connectivity index (χ3n) is 9.34. The fraction of sp³-hybridized carbons (Fsp3) is 0.840. The summed E-state index contributed by atoms with van der Waals surface area (Å²) in [5.74, 6) is 0.000862. The second-order valence-corrected chi connectivity index (χ2v) is 10.8. The van der Waals surface area contributed by atoms with E-state index in [-0.39, 0.29) is 47.3 Å². The Morgan fingerprint density at radius 3 is 2.43 bits per heavy atom. The van der Waals surface area contributed by atoms with Crippen molar-refractivity contribution in [3.63, 3.8) is 0 Å². The highest BCUT2D eigenvalue weighted by molar-refractivity contribution is 5.74. The molecule has 0 aromatic carbocycles. The smallest absolute Gasteiger partial charge is 0.309 e. The van der Waals surface area contributed by atoms with E-state index in [9.17, 15) is 14.7 Å². The lowest BCUT2D eigenvalue weighted by Gasteiger charge is -2.67. The summed E-state index contributed by atoms with van der Waals surface area (Å²) in [5.41, 5.74) is 1.71. The maximum atomic E-state index is 13.3. The summed E-state index contributed by atoms with van der Waals surface area (Å²) in [6.07, 6.45) is 8.05. The van der Waals surface area contributed by atoms with Crippen LogP contribution in [-0.4, -0.2) is 36.4 Å². The third-order valence-corrected chi connectivity index (χ3v) is 9.34. The van der Waals surface area contributed by atoms with Gasteiger partial charge in [0.05, 0.1) is 5.92 Å². The van der Waals surface area contributed by atoms with Crippen molar-refractivity contribution in [2.75, 3.05) is 13.2 Å². The molecule has 5 nitrogen and oxygen atoms in total. The van der Waals surface area contributed by atoms with E-state index in [2.05, 4.69) is 40.7 Å².